The van der Waals surface area contributed by atoms with Crippen LogP contribution in [0.5, 0.6) is 0 Å². The van der Waals surface area contributed by atoms with Crippen LogP contribution in [-0.4, -0.2) is 43.3 Å². The highest BCUT2D eigenvalue weighted by molar-refractivity contribution is 5.98. The summed E-state index contributed by atoms with van der Waals surface area (Å²) in [4.78, 5) is 28.7. The van der Waals surface area contributed by atoms with Crippen LogP contribution in [0.15, 0.2) is 35.4 Å². The highest BCUT2D eigenvalue weighted by Gasteiger charge is 2.31. The molecule has 27 heavy (non-hydrogen) atoms. The zero-order valence-corrected chi connectivity index (χ0v) is 14.6. The molecule has 10 heteroatoms. The Morgan fingerprint density at radius 2 is 2.22 bits per heavy atom. The third-order valence-corrected chi connectivity index (χ3v) is 4.79. The van der Waals surface area contributed by atoms with E-state index < -0.39 is 12.0 Å². The Morgan fingerprint density at radius 1 is 1.41 bits per heavy atom. The van der Waals surface area contributed by atoms with Crippen molar-refractivity contribution >= 4 is 28.9 Å². The summed E-state index contributed by atoms with van der Waals surface area (Å²) in [5.74, 6) is 0.289. The van der Waals surface area contributed by atoms with Crippen molar-refractivity contribution in [3.8, 4) is 0 Å². The molecule has 4 rings (SSSR count). The Labute approximate surface area is 153 Å². The van der Waals surface area contributed by atoms with Gasteiger partial charge in [-0.15, -0.1) is 0 Å². The molecule has 0 aliphatic heterocycles. The lowest BCUT2D eigenvalue weighted by Gasteiger charge is -2.34. The molecule has 140 valence electrons. The van der Waals surface area contributed by atoms with E-state index in [0.29, 0.717) is 23.7 Å². The number of carbonyl (C=O) groups excluding carboxylic acids is 1. The van der Waals surface area contributed by atoms with Crippen LogP contribution in [0.3, 0.4) is 0 Å². The fourth-order valence-corrected chi connectivity index (χ4v) is 3.17. The lowest BCUT2D eigenvalue weighted by atomic mass is 9.89. The number of fused-ring (bicyclic) bond motifs is 1. The van der Waals surface area contributed by atoms with Crippen LogP contribution in [0, 0.1) is 0 Å². The van der Waals surface area contributed by atoms with Gasteiger partial charge in [0, 0.05) is 19.3 Å². The van der Waals surface area contributed by atoms with Crippen molar-refractivity contribution in [2.75, 3.05) is 17.7 Å². The number of aliphatic hydroxyl groups excluding tert-OH is 1. The molecule has 3 heterocycles. The largest absolute Gasteiger partial charge is 0.391 e. The Morgan fingerprint density at radius 3 is 2.85 bits per heavy atom. The van der Waals surface area contributed by atoms with Crippen molar-refractivity contribution < 1.29 is 9.90 Å². The summed E-state index contributed by atoms with van der Waals surface area (Å²) in [7, 11) is 1.71. The minimum atomic E-state index is -0.641. The Bertz CT molecular complexity index is 1090. The molecule has 1 aliphatic carbocycles. The summed E-state index contributed by atoms with van der Waals surface area (Å²) >= 11 is 0. The molecule has 1 amide bonds. The maximum Gasteiger partial charge on any atom is 0.274 e. The molecule has 10 nitrogen and oxygen atoms in total. The molecule has 1 fully saturated rings. The maximum atomic E-state index is 12.8. The SMILES string of the molecule is CNc1cc(Nc2cccn([C@@H]3CC[C@@H]3O)c2=O)nc2c(C(N)=O)cnn12. The van der Waals surface area contributed by atoms with Crippen molar-refractivity contribution in [2.24, 2.45) is 5.73 Å². The molecule has 0 bridgehead atoms. The second kappa shape index (κ2) is 6.40. The van der Waals surface area contributed by atoms with E-state index in [0.717, 1.165) is 6.42 Å². The molecular weight excluding hydrogens is 350 g/mol. The number of aromatic nitrogens is 4. The number of amides is 1. The molecule has 0 radical (unpaired) electrons. The Kier molecular flexibility index (Phi) is 4.04. The zero-order chi connectivity index (χ0) is 19.1. The summed E-state index contributed by atoms with van der Waals surface area (Å²) in [6.07, 6.45) is 3.96. The number of nitrogens with two attached hydrogens (primary N) is 1. The molecule has 0 saturated heterocycles. The highest BCUT2D eigenvalue weighted by atomic mass is 16.3. The van der Waals surface area contributed by atoms with Gasteiger partial charge in [0.15, 0.2) is 5.65 Å². The van der Waals surface area contributed by atoms with Crippen molar-refractivity contribution in [3.63, 3.8) is 0 Å². The number of anilines is 3. The van der Waals surface area contributed by atoms with Gasteiger partial charge in [-0.25, -0.2) is 4.98 Å². The summed E-state index contributed by atoms with van der Waals surface area (Å²) in [5.41, 5.74) is 5.90. The van der Waals surface area contributed by atoms with Gasteiger partial charge in [-0.1, -0.05) is 0 Å². The smallest absolute Gasteiger partial charge is 0.274 e. The molecule has 3 aromatic heterocycles. The van der Waals surface area contributed by atoms with Gasteiger partial charge < -0.3 is 26.0 Å². The van der Waals surface area contributed by atoms with Crippen LogP contribution in [0.25, 0.3) is 5.65 Å². The first kappa shape index (κ1) is 17.0. The number of rotatable bonds is 5. The molecule has 5 N–H and O–H groups in total. The van der Waals surface area contributed by atoms with Crippen LogP contribution in [0.1, 0.15) is 29.2 Å². The second-order valence-electron chi connectivity index (χ2n) is 6.41. The van der Waals surface area contributed by atoms with Crippen LogP contribution >= 0.6 is 0 Å². The van der Waals surface area contributed by atoms with Crippen LogP contribution in [0.4, 0.5) is 17.3 Å². The minimum absolute atomic E-state index is 0.179. The van der Waals surface area contributed by atoms with Crippen molar-refractivity contribution in [3.05, 3.63) is 46.5 Å². The van der Waals surface area contributed by atoms with Gasteiger partial charge in [0.05, 0.1) is 18.3 Å². The average molecular weight is 369 g/mol. The normalized spacial score (nSPS) is 18.9. The number of primary amides is 1. The van der Waals surface area contributed by atoms with Gasteiger partial charge >= 0.3 is 0 Å². The number of hydrogen-bond acceptors (Lipinski definition) is 7. The lowest BCUT2D eigenvalue weighted by Crippen LogP contribution is -2.39. The number of hydrogen-bond donors (Lipinski definition) is 4. The predicted octanol–water partition coefficient (Wildman–Crippen LogP) is 0.471. The molecule has 0 spiro atoms. The third-order valence-electron chi connectivity index (χ3n) is 4.79. The van der Waals surface area contributed by atoms with Gasteiger partial charge in [-0.05, 0) is 25.0 Å². The van der Waals surface area contributed by atoms with E-state index >= 15 is 0 Å². The summed E-state index contributed by atoms with van der Waals surface area (Å²) in [6.45, 7) is 0. The van der Waals surface area contributed by atoms with E-state index in [1.54, 1.807) is 31.4 Å². The van der Waals surface area contributed by atoms with E-state index in [9.17, 15) is 14.7 Å². The van der Waals surface area contributed by atoms with Crippen LogP contribution in [-0.2, 0) is 0 Å². The molecule has 1 aliphatic rings. The number of aliphatic hydroxyl groups is 1. The van der Waals surface area contributed by atoms with Gasteiger partial charge in [-0.2, -0.15) is 9.61 Å². The second-order valence-corrected chi connectivity index (χ2v) is 6.41. The van der Waals surface area contributed by atoms with Gasteiger partial charge in [0.25, 0.3) is 11.5 Å². The average Bonchev–Trinajstić information content (AvgIpc) is 3.07. The molecule has 1 saturated carbocycles. The van der Waals surface area contributed by atoms with Gasteiger partial charge in [-0.3, -0.25) is 9.59 Å². The fraction of sp³-hybridized carbons (Fsp3) is 0.294. The third kappa shape index (κ3) is 2.79. The predicted molar refractivity (Wildman–Crippen MR) is 99.3 cm³/mol. The summed E-state index contributed by atoms with van der Waals surface area (Å²) in [5, 5.41) is 19.9. The summed E-state index contributed by atoms with van der Waals surface area (Å²) in [6, 6.07) is 4.83. The first-order valence-corrected chi connectivity index (χ1v) is 8.52. The van der Waals surface area contributed by atoms with Crippen molar-refractivity contribution in [1.82, 2.24) is 19.2 Å². The van der Waals surface area contributed by atoms with Crippen molar-refractivity contribution in [1.29, 1.82) is 0 Å². The molecule has 2 atom stereocenters. The van der Waals surface area contributed by atoms with E-state index in [2.05, 4.69) is 20.7 Å². The zero-order valence-electron chi connectivity index (χ0n) is 14.6. The maximum absolute atomic E-state index is 12.8. The number of pyridine rings is 1. The quantitative estimate of drug-likeness (QED) is 0.512. The summed E-state index contributed by atoms with van der Waals surface area (Å²) < 4.78 is 2.99. The monoisotopic (exact) mass is 369 g/mol. The number of carbonyl (C=O) groups is 1. The molecular formula is C17H19N7O3. The molecule has 3 aromatic rings. The van der Waals surface area contributed by atoms with E-state index in [4.69, 9.17) is 5.73 Å². The van der Waals surface area contributed by atoms with Crippen LogP contribution in [0.2, 0.25) is 0 Å². The van der Waals surface area contributed by atoms with E-state index in [1.807, 2.05) is 0 Å². The topological polar surface area (TPSA) is 140 Å². The highest BCUT2D eigenvalue weighted by Crippen LogP contribution is 2.31. The minimum Gasteiger partial charge on any atom is -0.391 e. The van der Waals surface area contributed by atoms with E-state index in [1.165, 1.54) is 15.3 Å². The first-order valence-electron chi connectivity index (χ1n) is 8.52. The van der Waals surface area contributed by atoms with Crippen LogP contribution < -0.4 is 21.9 Å². The van der Waals surface area contributed by atoms with Gasteiger partial charge in [0.1, 0.15) is 22.9 Å². The first-order chi connectivity index (χ1) is 13.0. The molecule has 0 aromatic carbocycles. The number of nitrogens with zero attached hydrogens (tertiary/aromatic N) is 4. The van der Waals surface area contributed by atoms with Gasteiger partial charge in [0.2, 0.25) is 0 Å². The number of nitrogens with one attached hydrogen (secondary N) is 2. The fourth-order valence-electron chi connectivity index (χ4n) is 3.17. The lowest BCUT2D eigenvalue weighted by molar-refractivity contribution is 0.0300. The van der Waals surface area contributed by atoms with Crippen molar-refractivity contribution in [2.45, 2.75) is 25.0 Å². The Hall–Kier alpha value is -3.40. The Balaban J connectivity index is 1.76. The van der Waals surface area contributed by atoms with E-state index in [-0.39, 0.29) is 22.8 Å². The molecule has 0 unspecified atom stereocenters. The standard InChI is InChI=1S/C17H19N7O3/c1-19-14-7-13(22-16-9(15(18)26)8-20-24(14)16)21-10-3-2-6-23(17(10)27)11-4-5-12(11)25/h2-3,6-8,11-12,19,25H,4-5H2,1H3,(H2,18,26)(H,21,22)/t11-,12+/m1/s1.